The Hall–Kier alpha value is -2.01. The summed E-state index contributed by atoms with van der Waals surface area (Å²) < 4.78 is 6.60. The van der Waals surface area contributed by atoms with Crippen LogP contribution in [0.2, 0.25) is 0 Å². The fourth-order valence-corrected chi connectivity index (χ4v) is 5.35. The smallest absolute Gasteiger partial charge is 0.321 e. The molecule has 1 aliphatic carbocycles. The second-order valence-electron chi connectivity index (χ2n) is 6.93. The number of benzene rings is 1. The molecule has 124 valence electrons. The van der Waals surface area contributed by atoms with E-state index in [4.69, 9.17) is 4.74 Å². The molecular formula is C19H20N2O2S. The third kappa shape index (κ3) is 1.94. The van der Waals surface area contributed by atoms with Gasteiger partial charge in [-0.25, -0.2) is 4.79 Å². The fourth-order valence-electron chi connectivity index (χ4n) is 4.66. The molecule has 0 radical (unpaired) electrons. The highest BCUT2D eigenvalue weighted by Crippen LogP contribution is 2.54. The van der Waals surface area contributed by atoms with Crippen LogP contribution in [0.5, 0.6) is 5.75 Å². The Morgan fingerprint density at radius 2 is 2.17 bits per heavy atom. The summed E-state index contributed by atoms with van der Waals surface area (Å²) in [7, 11) is 0. The lowest BCUT2D eigenvalue weighted by Gasteiger charge is -2.59. The van der Waals surface area contributed by atoms with E-state index in [1.54, 1.807) is 11.3 Å². The lowest BCUT2D eigenvalue weighted by Crippen LogP contribution is -2.71. The highest BCUT2D eigenvalue weighted by atomic mass is 32.1. The molecule has 2 aromatic rings. The molecule has 3 heterocycles. The number of nitrogens with zero attached hydrogens (tertiary/aromatic N) is 1. The maximum absolute atomic E-state index is 12.9. The summed E-state index contributed by atoms with van der Waals surface area (Å²) in [5, 5.41) is 5.33. The van der Waals surface area contributed by atoms with Crippen molar-refractivity contribution in [2.45, 2.75) is 44.0 Å². The molecule has 3 unspecified atom stereocenters. The molecule has 2 bridgehead atoms. The van der Waals surface area contributed by atoms with Crippen LogP contribution >= 0.6 is 11.3 Å². The van der Waals surface area contributed by atoms with Crippen LogP contribution in [0.3, 0.4) is 0 Å². The first-order valence-electron chi connectivity index (χ1n) is 8.66. The van der Waals surface area contributed by atoms with E-state index in [0.717, 1.165) is 30.6 Å². The number of ether oxygens (including phenoxy) is 1. The van der Waals surface area contributed by atoms with Crippen LogP contribution in [0.15, 0.2) is 41.8 Å². The average Bonchev–Trinajstić information content (AvgIpc) is 3.11. The molecule has 2 aliphatic heterocycles. The fraction of sp³-hybridized carbons (Fsp3) is 0.421. The Morgan fingerprint density at radius 1 is 1.25 bits per heavy atom. The number of para-hydroxylation sites is 1. The molecule has 3 aliphatic rings. The van der Waals surface area contributed by atoms with Crippen molar-refractivity contribution in [2.24, 2.45) is 5.92 Å². The lowest BCUT2D eigenvalue weighted by molar-refractivity contribution is -0.165. The number of fused-ring (bicyclic) bond motifs is 2. The van der Waals surface area contributed by atoms with Crippen LogP contribution in [0, 0.1) is 5.92 Å². The summed E-state index contributed by atoms with van der Waals surface area (Å²) in [5.74, 6) is 1.25. The van der Waals surface area contributed by atoms with Gasteiger partial charge in [-0.2, -0.15) is 0 Å². The van der Waals surface area contributed by atoms with Crippen molar-refractivity contribution in [1.29, 1.82) is 0 Å². The maximum Gasteiger partial charge on any atom is 0.321 e. The third-order valence-electron chi connectivity index (χ3n) is 5.70. The van der Waals surface area contributed by atoms with Crippen LogP contribution in [-0.2, 0) is 6.54 Å². The Labute approximate surface area is 145 Å². The molecule has 5 heteroatoms. The molecule has 3 atom stereocenters. The maximum atomic E-state index is 12.9. The van der Waals surface area contributed by atoms with Crippen molar-refractivity contribution < 1.29 is 9.53 Å². The van der Waals surface area contributed by atoms with Gasteiger partial charge in [-0.1, -0.05) is 30.7 Å². The Bertz CT molecular complexity index is 775. The predicted molar refractivity (Wildman–Crippen MR) is 92.9 cm³/mol. The second kappa shape index (κ2) is 5.24. The van der Waals surface area contributed by atoms with Gasteiger partial charge in [0.15, 0.2) is 5.72 Å². The van der Waals surface area contributed by atoms with Gasteiger partial charge in [-0.3, -0.25) is 4.90 Å². The van der Waals surface area contributed by atoms with Crippen molar-refractivity contribution >= 4 is 17.4 Å². The molecule has 2 fully saturated rings. The summed E-state index contributed by atoms with van der Waals surface area (Å²) in [6.07, 6.45) is 4.33. The normalized spacial score (nSPS) is 30.8. The quantitative estimate of drug-likeness (QED) is 0.886. The average molecular weight is 340 g/mol. The molecule has 4 nitrogen and oxygen atoms in total. The number of amides is 2. The molecule has 2 amide bonds. The molecule has 0 spiro atoms. The highest BCUT2D eigenvalue weighted by Gasteiger charge is 2.59. The first-order chi connectivity index (χ1) is 11.8. The van der Waals surface area contributed by atoms with Crippen molar-refractivity contribution in [3.8, 4) is 5.75 Å². The van der Waals surface area contributed by atoms with Gasteiger partial charge in [0.1, 0.15) is 5.75 Å². The van der Waals surface area contributed by atoms with E-state index in [2.05, 4.69) is 22.8 Å². The molecule has 5 rings (SSSR count). The van der Waals surface area contributed by atoms with Gasteiger partial charge in [0.2, 0.25) is 0 Å². The Balaban J connectivity index is 1.62. The van der Waals surface area contributed by atoms with Crippen LogP contribution < -0.4 is 10.1 Å². The van der Waals surface area contributed by atoms with Gasteiger partial charge in [-0.15, -0.1) is 11.3 Å². The lowest BCUT2D eigenvalue weighted by atomic mass is 9.70. The number of hydrogen-bond acceptors (Lipinski definition) is 3. The van der Waals surface area contributed by atoms with E-state index >= 15 is 0 Å². The first kappa shape index (κ1) is 14.3. The van der Waals surface area contributed by atoms with Gasteiger partial charge in [-0.05, 0) is 30.4 Å². The van der Waals surface area contributed by atoms with Crippen LogP contribution in [0.4, 0.5) is 4.79 Å². The number of urea groups is 1. The number of nitrogens with one attached hydrogen (secondary N) is 1. The van der Waals surface area contributed by atoms with Gasteiger partial charge < -0.3 is 10.1 Å². The molecule has 1 aromatic heterocycles. The zero-order chi connectivity index (χ0) is 16.1. The molecule has 24 heavy (non-hydrogen) atoms. The zero-order valence-corrected chi connectivity index (χ0v) is 14.2. The highest BCUT2D eigenvalue weighted by molar-refractivity contribution is 7.09. The van der Waals surface area contributed by atoms with Gasteiger partial charge in [0, 0.05) is 22.8 Å². The van der Waals surface area contributed by atoms with E-state index in [-0.39, 0.29) is 12.1 Å². The van der Waals surface area contributed by atoms with E-state index in [0.29, 0.717) is 12.5 Å². The number of hydrogen-bond donors (Lipinski definition) is 1. The Morgan fingerprint density at radius 3 is 3.04 bits per heavy atom. The third-order valence-corrected chi connectivity index (χ3v) is 6.56. The minimum absolute atomic E-state index is 0.000975. The predicted octanol–water partition coefficient (Wildman–Crippen LogP) is 4.29. The van der Waals surface area contributed by atoms with E-state index in [1.807, 2.05) is 29.2 Å². The van der Waals surface area contributed by atoms with Crippen LogP contribution in [0.25, 0.3) is 0 Å². The molecular weight excluding hydrogens is 320 g/mol. The summed E-state index contributed by atoms with van der Waals surface area (Å²) in [6.45, 7) is 0.620. The van der Waals surface area contributed by atoms with Gasteiger partial charge in [0.05, 0.1) is 12.6 Å². The largest absolute Gasteiger partial charge is 0.467 e. The van der Waals surface area contributed by atoms with Crippen molar-refractivity contribution in [2.75, 3.05) is 0 Å². The van der Waals surface area contributed by atoms with Crippen LogP contribution in [0.1, 0.15) is 42.2 Å². The molecule has 1 aromatic carbocycles. The Kier molecular flexibility index (Phi) is 3.13. The molecule has 1 saturated heterocycles. The first-order valence-corrected chi connectivity index (χ1v) is 9.54. The second-order valence-corrected chi connectivity index (χ2v) is 7.96. The van der Waals surface area contributed by atoms with E-state index in [1.165, 1.54) is 11.3 Å². The zero-order valence-electron chi connectivity index (χ0n) is 13.4. The van der Waals surface area contributed by atoms with E-state index < -0.39 is 5.72 Å². The topological polar surface area (TPSA) is 41.6 Å². The molecule has 1 N–H and O–H groups in total. The van der Waals surface area contributed by atoms with Gasteiger partial charge in [0.25, 0.3) is 0 Å². The van der Waals surface area contributed by atoms with Crippen LogP contribution in [-0.4, -0.2) is 16.7 Å². The summed E-state index contributed by atoms with van der Waals surface area (Å²) in [5.41, 5.74) is 0.632. The number of rotatable bonds is 2. The van der Waals surface area contributed by atoms with Crippen molar-refractivity contribution in [1.82, 2.24) is 10.2 Å². The monoisotopic (exact) mass is 340 g/mol. The number of carbonyl (C=O) groups excluding carboxylic acids is 1. The SMILES string of the molecule is O=C1NC2c3ccccc3OC3(CCCCC23)N1Cc1cccs1. The van der Waals surface area contributed by atoms with Crippen molar-refractivity contribution in [3.05, 3.63) is 52.2 Å². The minimum Gasteiger partial charge on any atom is -0.467 e. The van der Waals surface area contributed by atoms with Gasteiger partial charge >= 0.3 is 6.03 Å². The van der Waals surface area contributed by atoms with E-state index in [9.17, 15) is 4.79 Å². The summed E-state index contributed by atoms with van der Waals surface area (Å²) in [4.78, 5) is 16.1. The summed E-state index contributed by atoms with van der Waals surface area (Å²) >= 11 is 1.69. The summed E-state index contributed by atoms with van der Waals surface area (Å²) in [6, 6.07) is 12.4. The molecule has 1 saturated carbocycles. The standard InChI is InChI=1S/C19H20N2O2S/c22-18-20-17-14-7-1-2-9-16(14)23-19(10-4-3-8-15(17)19)21(18)12-13-6-5-11-24-13/h1-2,5-7,9,11,15,17H,3-4,8,10,12H2,(H,20,22). The number of carbonyl (C=O) groups is 1. The van der Waals surface area contributed by atoms with Crippen molar-refractivity contribution in [3.63, 3.8) is 0 Å². The number of thiophene rings is 1. The minimum atomic E-state index is -0.496.